The predicted molar refractivity (Wildman–Crippen MR) is 96.0 cm³/mol. The van der Waals surface area contributed by atoms with Crippen LogP contribution in [0.25, 0.3) is 0 Å². The number of nitrogens with zero attached hydrogens (tertiary/aromatic N) is 1. The van der Waals surface area contributed by atoms with Gasteiger partial charge in [-0.3, -0.25) is 4.79 Å². The van der Waals surface area contributed by atoms with Crippen molar-refractivity contribution in [3.05, 3.63) is 63.1 Å². The number of nitrogens with one attached hydrogen (secondary N) is 1. The Bertz CT molecular complexity index is 742. The fourth-order valence-corrected chi connectivity index (χ4v) is 2.50. The fraction of sp³-hybridized carbons (Fsp3) is 0.222. The zero-order chi connectivity index (χ0) is 16.8. The molecule has 0 aromatic heterocycles. The second-order valence-corrected chi connectivity index (χ2v) is 6.21. The molecule has 2 rings (SSSR count). The number of aryl methyl sites for hydroxylation is 2. The van der Waals surface area contributed by atoms with Gasteiger partial charge in [-0.1, -0.05) is 40.2 Å². The van der Waals surface area contributed by atoms with Crippen molar-refractivity contribution in [3.8, 4) is 5.75 Å². The summed E-state index contributed by atoms with van der Waals surface area (Å²) in [6.07, 6.45) is 1.59. The minimum absolute atomic E-state index is 0.0685. The van der Waals surface area contributed by atoms with Crippen LogP contribution in [0, 0.1) is 20.8 Å². The molecule has 2 aromatic carbocycles. The highest BCUT2D eigenvalue weighted by Crippen LogP contribution is 2.25. The summed E-state index contributed by atoms with van der Waals surface area (Å²) in [4.78, 5) is 11.8. The van der Waals surface area contributed by atoms with E-state index >= 15 is 0 Å². The van der Waals surface area contributed by atoms with Crippen LogP contribution < -0.4 is 10.2 Å². The van der Waals surface area contributed by atoms with E-state index in [1.807, 2.05) is 57.2 Å². The summed E-state index contributed by atoms with van der Waals surface area (Å²) in [6.45, 7) is 5.90. The molecular formula is C18H19BrN2O2. The first-order valence-corrected chi connectivity index (χ1v) is 8.03. The van der Waals surface area contributed by atoms with E-state index in [9.17, 15) is 4.79 Å². The smallest absolute Gasteiger partial charge is 0.277 e. The van der Waals surface area contributed by atoms with Crippen LogP contribution in [-0.4, -0.2) is 18.7 Å². The van der Waals surface area contributed by atoms with Crippen LogP contribution in [-0.2, 0) is 4.79 Å². The lowest BCUT2D eigenvalue weighted by Crippen LogP contribution is -2.25. The van der Waals surface area contributed by atoms with E-state index in [0.29, 0.717) is 0 Å². The van der Waals surface area contributed by atoms with Gasteiger partial charge in [0.05, 0.1) is 6.21 Å². The van der Waals surface area contributed by atoms with Crippen molar-refractivity contribution in [2.75, 3.05) is 6.61 Å². The number of carbonyl (C=O) groups is 1. The van der Waals surface area contributed by atoms with Gasteiger partial charge in [0.2, 0.25) is 0 Å². The standard InChI is InChI=1S/C18H19BrN2O2/c1-12-7-8-13(2)18(14(12)3)23-11-17(22)21-20-10-15-5-4-6-16(19)9-15/h4-10H,11H2,1-3H3,(H,21,22)/b20-10-. The van der Waals surface area contributed by atoms with Crippen molar-refractivity contribution in [1.29, 1.82) is 0 Å². The maximum Gasteiger partial charge on any atom is 0.277 e. The maximum atomic E-state index is 11.8. The van der Waals surface area contributed by atoms with Gasteiger partial charge in [-0.05, 0) is 55.2 Å². The van der Waals surface area contributed by atoms with Crippen molar-refractivity contribution >= 4 is 28.1 Å². The van der Waals surface area contributed by atoms with Gasteiger partial charge in [-0.25, -0.2) is 5.43 Å². The highest BCUT2D eigenvalue weighted by atomic mass is 79.9. The molecule has 0 bridgehead atoms. The molecule has 0 heterocycles. The highest BCUT2D eigenvalue weighted by molar-refractivity contribution is 9.10. The first-order chi connectivity index (χ1) is 11.0. The fourth-order valence-electron chi connectivity index (χ4n) is 2.08. The third kappa shape index (κ3) is 4.93. The van der Waals surface area contributed by atoms with Crippen LogP contribution in [0.3, 0.4) is 0 Å². The molecule has 0 atom stereocenters. The number of rotatable bonds is 5. The Labute approximate surface area is 144 Å². The molecular weight excluding hydrogens is 356 g/mol. The third-order valence-electron chi connectivity index (χ3n) is 3.47. The zero-order valence-electron chi connectivity index (χ0n) is 13.4. The summed E-state index contributed by atoms with van der Waals surface area (Å²) in [5.41, 5.74) is 6.56. The Kier molecular flexibility index (Phi) is 5.93. The number of ether oxygens (including phenoxy) is 1. The number of hydrazone groups is 1. The first-order valence-electron chi connectivity index (χ1n) is 7.24. The lowest BCUT2D eigenvalue weighted by atomic mass is 10.1. The second-order valence-electron chi connectivity index (χ2n) is 5.29. The van der Waals surface area contributed by atoms with Gasteiger partial charge in [0, 0.05) is 4.47 Å². The van der Waals surface area contributed by atoms with Gasteiger partial charge in [-0.15, -0.1) is 0 Å². The van der Waals surface area contributed by atoms with Gasteiger partial charge >= 0.3 is 0 Å². The molecule has 0 fully saturated rings. The number of halogens is 1. The van der Waals surface area contributed by atoms with E-state index < -0.39 is 0 Å². The van der Waals surface area contributed by atoms with Crippen molar-refractivity contribution in [3.63, 3.8) is 0 Å². The number of benzene rings is 2. The molecule has 1 N–H and O–H groups in total. The van der Waals surface area contributed by atoms with E-state index in [4.69, 9.17) is 4.74 Å². The quantitative estimate of drug-likeness (QED) is 0.637. The number of hydrogen-bond acceptors (Lipinski definition) is 3. The van der Waals surface area contributed by atoms with Crippen LogP contribution in [0.5, 0.6) is 5.75 Å². The average molecular weight is 375 g/mol. The van der Waals surface area contributed by atoms with Gasteiger partial charge in [0.1, 0.15) is 5.75 Å². The van der Waals surface area contributed by atoms with Crippen molar-refractivity contribution in [2.24, 2.45) is 5.10 Å². The van der Waals surface area contributed by atoms with Crippen LogP contribution in [0.4, 0.5) is 0 Å². The third-order valence-corrected chi connectivity index (χ3v) is 3.97. The van der Waals surface area contributed by atoms with Gasteiger partial charge in [0.25, 0.3) is 5.91 Å². The lowest BCUT2D eigenvalue weighted by molar-refractivity contribution is -0.123. The SMILES string of the molecule is Cc1ccc(C)c(OCC(=O)N/N=C\c2cccc(Br)c2)c1C. The Morgan fingerprint density at radius 2 is 1.96 bits per heavy atom. The summed E-state index contributed by atoms with van der Waals surface area (Å²) < 4.78 is 6.60. The average Bonchev–Trinajstić information content (AvgIpc) is 2.51. The monoisotopic (exact) mass is 374 g/mol. The van der Waals surface area contributed by atoms with E-state index in [-0.39, 0.29) is 12.5 Å². The maximum absolute atomic E-state index is 11.8. The van der Waals surface area contributed by atoms with Crippen LogP contribution in [0.15, 0.2) is 46.0 Å². The molecule has 1 amide bonds. The van der Waals surface area contributed by atoms with Crippen LogP contribution in [0.1, 0.15) is 22.3 Å². The number of hydrogen-bond donors (Lipinski definition) is 1. The molecule has 0 aliphatic carbocycles. The molecule has 0 unspecified atom stereocenters. The molecule has 0 saturated carbocycles. The molecule has 0 spiro atoms. The molecule has 0 saturated heterocycles. The second kappa shape index (κ2) is 7.92. The molecule has 23 heavy (non-hydrogen) atoms. The Morgan fingerprint density at radius 3 is 2.70 bits per heavy atom. The van der Waals surface area contributed by atoms with Crippen molar-refractivity contribution in [2.45, 2.75) is 20.8 Å². The number of carbonyl (C=O) groups excluding carboxylic acids is 1. The number of amides is 1. The summed E-state index contributed by atoms with van der Waals surface area (Å²) in [6, 6.07) is 11.7. The molecule has 5 heteroatoms. The minimum atomic E-state index is -0.295. The largest absolute Gasteiger partial charge is 0.483 e. The minimum Gasteiger partial charge on any atom is -0.483 e. The van der Waals surface area contributed by atoms with Crippen LogP contribution in [0.2, 0.25) is 0 Å². The molecule has 120 valence electrons. The predicted octanol–water partition coefficient (Wildman–Crippen LogP) is 3.90. The summed E-state index contributed by atoms with van der Waals surface area (Å²) in [5.74, 6) is 0.465. The first kappa shape index (κ1) is 17.2. The topological polar surface area (TPSA) is 50.7 Å². The Balaban J connectivity index is 1.90. The highest BCUT2D eigenvalue weighted by Gasteiger charge is 2.08. The molecule has 0 radical (unpaired) electrons. The summed E-state index contributed by atoms with van der Waals surface area (Å²) >= 11 is 3.38. The Morgan fingerprint density at radius 1 is 1.22 bits per heavy atom. The van der Waals surface area contributed by atoms with Crippen LogP contribution >= 0.6 is 15.9 Å². The molecule has 2 aromatic rings. The summed E-state index contributed by atoms with van der Waals surface area (Å²) in [7, 11) is 0. The molecule has 0 aliphatic heterocycles. The van der Waals surface area contributed by atoms with E-state index in [2.05, 4.69) is 26.5 Å². The Hall–Kier alpha value is -2.14. The lowest BCUT2D eigenvalue weighted by Gasteiger charge is -2.13. The molecule has 0 aliphatic rings. The van der Waals surface area contributed by atoms with E-state index in [0.717, 1.165) is 32.5 Å². The zero-order valence-corrected chi connectivity index (χ0v) is 15.0. The van der Waals surface area contributed by atoms with E-state index in [1.165, 1.54) is 0 Å². The van der Waals surface area contributed by atoms with Gasteiger partial charge < -0.3 is 4.74 Å². The normalized spacial score (nSPS) is 10.8. The van der Waals surface area contributed by atoms with Gasteiger partial charge in [0.15, 0.2) is 6.61 Å². The van der Waals surface area contributed by atoms with E-state index in [1.54, 1.807) is 6.21 Å². The summed E-state index contributed by atoms with van der Waals surface area (Å²) in [5, 5.41) is 3.93. The van der Waals surface area contributed by atoms with Crippen molar-refractivity contribution in [1.82, 2.24) is 5.43 Å². The molecule has 4 nitrogen and oxygen atoms in total. The van der Waals surface area contributed by atoms with Crippen molar-refractivity contribution < 1.29 is 9.53 Å². The van der Waals surface area contributed by atoms with Gasteiger partial charge in [-0.2, -0.15) is 5.10 Å².